The molecule has 2 heterocycles. The van der Waals surface area contributed by atoms with Crippen LogP contribution in [-0.4, -0.2) is 32.5 Å². The minimum atomic E-state index is -0.123. The number of hydrogen-bond acceptors (Lipinski definition) is 5. The minimum absolute atomic E-state index is 0.123. The van der Waals surface area contributed by atoms with E-state index < -0.39 is 0 Å². The number of nitrogens with one attached hydrogen (secondary N) is 1. The van der Waals surface area contributed by atoms with E-state index in [0.29, 0.717) is 31.1 Å². The lowest BCUT2D eigenvalue weighted by Gasteiger charge is -2.20. The molecule has 0 saturated heterocycles. The topological polar surface area (TPSA) is 71.0 Å². The van der Waals surface area contributed by atoms with Crippen LogP contribution in [0, 0.1) is 0 Å². The zero-order valence-corrected chi connectivity index (χ0v) is 14.7. The van der Waals surface area contributed by atoms with Gasteiger partial charge >= 0.3 is 0 Å². The van der Waals surface area contributed by atoms with Gasteiger partial charge in [0.15, 0.2) is 5.69 Å². The molecule has 0 aliphatic rings. The van der Waals surface area contributed by atoms with Crippen molar-refractivity contribution in [3.63, 3.8) is 0 Å². The molecule has 1 amide bonds. The first-order chi connectivity index (χ1) is 12.8. The first-order valence-electron chi connectivity index (χ1n) is 8.56. The number of carbonyl (C=O) groups excluding carboxylic acids is 1. The van der Waals surface area contributed by atoms with Gasteiger partial charge in [0, 0.05) is 32.0 Å². The van der Waals surface area contributed by atoms with E-state index in [1.54, 1.807) is 29.4 Å². The highest BCUT2D eigenvalue weighted by Gasteiger charge is 2.16. The lowest BCUT2D eigenvalue weighted by molar-refractivity contribution is 0.0745. The maximum absolute atomic E-state index is 12.7. The van der Waals surface area contributed by atoms with Crippen LogP contribution in [-0.2, 0) is 13.1 Å². The van der Waals surface area contributed by atoms with Crippen molar-refractivity contribution in [3.05, 3.63) is 83.8 Å². The lowest BCUT2D eigenvalue weighted by Crippen LogP contribution is -2.31. The average molecular weight is 347 g/mol. The van der Waals surface area contributed by atoms with E-state index in [1.165, 1.54) is 0 Å². The molecule has 0 spiro atoms. The Labute approximate surface area is 152 Å². The summed E-state index contributed by atoms with van der Waals surface area (Å²) in [6.45, 7) is 3.72. The number of anilines is 1. The highest BCUT2D eigenvalue weighted by molar-refractivity contribution is 5.92. The van der Waals surface area contributed by atoms with Crippen LogP contribution < -0.4 is 5.32 Å². The molecule has 0 aliphatic carbocycles. The van der Waals surface area contributed by atoms with Gasteiger partial charge in [-0.2, -0.15) is 0 Å². The highest BCUT2D eigenvalue weighted by Crippen LogP contribution is 2.10. The van der Waals surface area contributed by atoms with Crippen LogP contribution in [0.3, 0.4) is 0 Å². The van der Waals surface area contributed by atoms with Crippen molar-refractivity contribution in [2.24, 2.45) is 0 Å². The molecular formula is C20H21N5O. The van der Waals surface area contributed by atoms with Gasteiger partial charge in [-0.05, 0) is 36.2 Å². The number of hydrogen-bond donors (Lipinski definition) is 1. The van der Waals surface area contributed by atoms with E-state index in [1.807, 2.05) is 49.4 Å². The van der Waals surface area contributed by atoms with Crippen LogP contribution in [0.4, 0.5) is 5.82 Å². The molecule has 132 valence electrons. The van der Waals surface area contributed by atoms with Crippen LogP contribution in [0.5, 0.6) is 0 Å². The molecule has 3 rings (SSSR count). The zero-order chi connectivity index (χ0) is 18.2. The van der Waals surface area contributed by atoms with Crippen molar-refractivity contribution >= 4 is 11.7 Å². The van der Waals surface area contributed by atoms with Gasteiger partial charge in [-0.15, -0.1) is 10.2 Å². The monoisotopic (exact) mass is 347 g/mol. The molecule has 2 aromatic heterocycles. The van der Waals surface area contributed by atoms with Crippen molar-refractivity contribution < 1.29 is 4.79 Å². The molecule has 3 aromatic rings. The summed E-state index contributed by atoms with van der Waals surface area (Å²) in [5.74, 6) is 0.499. The lowest BCUT2D eigenvalue weighted by atomic mass is 10.2. The smallest absolute Gasteiger partial charge is 0.274 e. The first-order valence-corrected chi connectivity index (χ1v) is 8.56. The molecule has 6 nitrogen and oxygen atoms in total. The second-order valence-electron chi connectivity index (χ2n) is 5.82. The molecule has 0 fully saturated rings. The second-order valence-corrected chi connectivity index (χ2v) is 5.82. The Hall–Kier alpha value is -3.28. The Morgan fingerprint density at radius 1 is 1.00 bits per heavy atom. The fourth-order valence-electron chi connectivity index (χ4n) is 2.53. The SMILES string of the molecule is CCN(Cc1ccccc1)C(=O)c1ccc(NCc2cccnc2)nn1. The number of benzene rings is 1. The first kappa shape index (κ1) is 17.5. The highest BCUT2D eigenvalue weighted by atomic mass is 16.2. The molecule has 1 aromatic carbocycles. The maximum Gasteiger partial charge on any atom is 0.274 e. The van der Waals surface area contributed by atoms with Crippen LogP contribution >= 0.6 is 0 Å². The van der Waals surface area contributed by atoms with Crippen molar-refractivity contribution in [1.29, 1.82) is 0 Å². The molecule has 26 heavy (non-hydrogen) atoms. The molecule has 1 N–H and O–H groups in total. The Kier molecular flexibility index (Phi) is 5.88. The van der Waals surface area contributed by atoms with E-state index in [0.717, 1.165) is 11.1 Å². The number of rotatable bonds is 7. The normalized spacial score (nSPS) is 10.3. The summed E-state index contributed by atoms with van der Waals surface area (Å²) in [6.07, 6.45) is 3.53. The van der Waals surface area contributed by atoms with E-state index in [4.69, 9.17) is 0 Å². The van der Waals surface area contributed by atoms with E-state index in [2.05, 4.69) is 20.5 Å². The summed E-state index contributed by atoms with van der Waals surface area (Å²) in [6, 6.07) is 17.3. The number of nitrogens with zero attached hydrogens (tertiary/aromatic N) is 4. The molecule has 0 bridgehead atoms. The minimum Gasteiger partial charge on any atom is -0.364 e. The third-order valence-electron chi connectivity index (χ3n) is 3.97. The Bertz CT molecular complexity index is 822. The van der Waals surface area contributed by atoms with Gasteiger partial charge in [-0.3, -0.25) is 9.78 Å². The molecule has 0 unspecified atom stereocenters. The molecular weight excluding hydrogens is 326 g/mol. The Morgan fingerprint density at radius 3 is 2.46 bits per heavy atom. The standard InChI is InChI=1S/C20H21N5O/c1-2-25(15-16-7-4-3-5-8-16)20(26)18-10-11-19(24-23-18)22-14-17-9-6-12-21-13-17/h3-13H,2,14-15H2,1H3,(H,22,24). The third-order valence-corrected chi connectivity index (χ3v) is 3.97. The van der Waals surface area contributed by atoms with E-state index in [-0.39, 0.29) is 5.91 Å². The summed E-state index contributed by atoms with van der Waals surface area (Å²) in [7, 11) is 0. The quantitative estimate of drug-likeness (QED) is 0.711. The molecule has 6 heteroatoms. The van der Waals surface area contributed by atoms with Crippen molar-refractivity contribution in [1.82, 2.24) is 20.1 Å². The zero-order valence-electron chi connectivity index (χ0n) is 14.7. The number of carbonyl (C=O) groups is 1. The molecule has 0 atom stereocenters. The summed E-state index contributed by atoms with van der Waals surface area (Å²) in [5, 5.41) is 11.4. The molecule has 0 radical (unpaired) electrons. The van der Waals surface area contributed by atoms with Gasteiger partial charge in [0.05, 0.1) is 0 Å². The summed E-state index contributed by atoms with van der Waals surface area (Å²) >= 11 is 0. The fraction of sp³-hybridized carbons (Fsp3) is 0.200. The predicted molar refractivity (Wildman–Crippen MR) is 100 cm³/mol. The summed E-state index contributed by atoms with van der Waals surface area (Å²) in [4.78, 5) is 18.5. The number of pyridine rings is 1. The number of amides is 1. The average Bonchev–Trinajstić information content (AvgIpc) is 2.72. The summed E-state index contributed by atoms with van der Waals surface area (Å²) < 4.78 is 0. The van der Waals surface area contributed by atoms with Gasteiger partial charge in [0.2, 0.25) is 0 Å². The van der Waals surface area contributed by atoms with Gasteiger partial charge in [-0.25, -0.2) is 0 Å². The van der Waals surface area contributed by atoms with E-state index in [9.17, 15) is 4.79 Å². The Morgan fingerprint density at radius 2 is 1.81 bits per heavy atom. The van der Waals surface area contributed by atoms with E-state index >= 15 is 0 Å². The van der Waals surface area contributed by atoms with Gasteiger partial charge in [0.1, 0.15) is 5.82 Å². The molecule has 0 aliphatic heterocycles. The fourth-order valence-corrected chi connectivity index (χ4v) is 2.53. The van der Waals surface area contributed by atoms with Crippen molar-refractivity contribution in [2.45, 2.75) is 20.0 Å². The number of aromatic nitrogens is 3. The Balaban J connectivity index is 1.62. The van der Waals surface area contributed by atoms with Gasteiger partial charge in [0.25, 0.3) is 5.91 Å². The van der Waals surface area contributed by atoms with Crippen molar-refractivity contribution in [2.75, 3.05) is 11.9 Å². The second kappa shape index (κ2) is 8.71. The third kappa shape index (κ3) is 4.63. The summed E-state index contributed by atoms with van der Waals surface area (Å²) in [5.41, 5.74) is 2.48. The van der Waals surface area contributed by atoms with Crippen molar-refractivity contribution in [3.8, 4) is 0 Å². The van der Waals surface area contributed by atoms with Crippen LogP contribution in [0.25, 0.3) is 0 Å². The maximum atomic E-state index is 12.7. The van der Waals surface area contributed by atoms with Crippen LogP contribution in [0.15, 0.2) is 67.0 Å². The predicted octanol–water partition coefficient (Wildman–Crippen LogP) is 3.15. The largest absolute Gasteiger partial charge is 0.364 e. The molecule has 0 saturated carbocycles. The van der Waals surface area contributed by atoms with Crippen LogP contribution in [0.2, 0.25) is 0 Å². The van der Waals surface area contributed by atoms with Gasteiger partial charge in [-0.1, -0.05) is 36.4 Å². The van der Waals surface area contributed by atoms with Gasteiger partial charge < -0.3 is 10.2 Å². The van der Waals surface area contributed by atoms with Crippen LogP contribution in [0.1, 0.15) is 28.5 Å².